The number of hydrogen-bond acceptors (Lipinski definition) is 8. The molecule has 2 aromatic carbocycles. The number of anilines is 1. The third-order valence-electron chi connectivity index (χ3n) is 5.88. The van der Waals surface area contributed by atoms with Crippen molar-refractivity contribution in [3.8, 4) is 11.1 Å². The van der Waals surface area contributed by atoms with E-state index in [9.17, 15) is 9.18 Å². The van der Waals surface area contributed by atoms with Crippen LogP contribution in [0.25, 0.3) is 49.0 Å². The van der Waals surface area contributed by atoms with Gasteiger partial charge >= 0.3 is 6.09 Å². The van der Waals surface area contributed by atoms with E-state index in [0.29, 0.717) is 22.1 Å². The van der Waals surface area contributed by atoms with E-state index in [0.717, 1.165) is 11.3 Å². The second kappa shape index (κ2) is 9.65. The monoisotopic (exact) mass is 579 g/mol. The molecule has 0 radical (unpaired) electrons. The van der Waals surface area contributed by atoms with Crippen molar-refractivity contribution in [3.63, 3.8) is 0 Å². The summed E-state index contributed by atoms with van der Waals surface area (Å²) in [5.74, 6) is -1.29. The van der Waals surface area contributed by atoms with Gasteiger partial charge < -0.3 is 10.1 Å². The number of allylic oxidation sites excluding steroid dienone is 4. The number of aromatic nitrogens is 5. The second-order valence-electron chi connectivity index (χ2n) is 9.81. The van der Waals surface area contributed by atoms with Crippen LogP contribution in [-0.4, -0.2) is 36.7 Å². The van der Waals surface area contributed by atoms with Gasteiger partial charge in [0.1, 0.15) is 28.0 Å². The molecule has 4 heterocycles. The molecular formula is C27H20ClF2N7O2S. The van der Waals surface area contributed by atoms with Crippen molar-refractivity contribution in [2.45, 2.75) is 26.4 Å². The fourth-order valence-corrected chi connectivity index (χ4v) is 5.48. The van der Waals surface area contributed by atoms with Gasteiger partial charge in [-0.2, -0.15) is 0 Å². The predicted molar refractivity (Wildman–Crippen MR) is 152 cm³/mol. The minimum absolute atomic E-state index is 0.00129. The van der Waals surface area contributed by atoms with Crippen molar-refractivity contribution in [3.05, 3.63) is 71.7 Å². The Morgan fingerprint density at radius 1 is 1.20 bits per heavy atom. The number of nitrogens with one attached hydrogen (secondary N) is 2. The van der Waals surface area contributed by atoms with Crippen LogP contribution in [0.1, 0.15) is 20.8 Å². The van der Waals surface area contributed by atoms with Crippen LogP contribution in [0, 0.1) is 11.6 Å². The average molecular weight is 580 g/mol. The molecule has 3 aromatic heterocycles. The zero-order chi connectivity index (χ0) is 28.2. The van der Waals surface area contributed by atoms with Crippen molar-refractivity contribution >= 4 is 72.0 Å². The van der Waals surface area contributed by atoms with Crippen LogP contribution in [0.15, 0.2) is 55.0 Å². The Hall–Kier alpha value is -4.42. The number of benzene rings is 2. The van der Waals surface area contributed by atoms with E-state index in [1.807, 2.05) is 18.2 Å². The largest absolute Gasteiger partial charge is 0.444 e. The molecule has 40 heavy (non-hydrogen) atoms. The number of halogens is 3. The molecule has 1 aliphatic rings. The number of rotatable bonds is 3. The number of carbonyl (C=O) groups is 1. The molecule has 0 spiro atoms. The first-order valence-electron chi connectivity index (χ1n) is 12.0. The zero-order valence-corrected chi connectivity index (χ0v) is 22.9. The molecule has 2 N–H and O–H groups in total. The van der Waals surface area contributed by atoms with Crippen molar-refractivity contribution in [1.29, 1.82) is 0 Å². The Balaban J connectivity index is 1.51. The van der Waals surface area contributed by atoms with E-state index in [-0.39, 0.29) is 37.0 Å². The van der Waals surface area contributed by atoms with Crippen molar-refractivity contribution in [1.82, 2.24) is 30.3 Å². The predicted octanol–water partition coefficient (Wildman–Crippen LogP) is 7.01. The van der Waals surface area contributed by atoms with Gasteiger partial charge in [-0.1, -0.05) is 34.2 Å². The fourth-order valence-electron chi connectivity index (χ4n) is 4.30. The first kappa shape index (κ1) is 25.8. The van der Waals surface area contributed by atoms with Gasteiger partial charge in [-0.15, -0.1) is 5.10 Å². The molecule has 6 rings (SSSR count). The molecule has 1 amide bonds. The molecule has 202 valence electrons. The molecule has 0 fully saturated rings. The highest BCUT2D eigenvalue weighted by molar-refractivity contribution is 7.22. The Labute approximate surface area is 234 Å². The Morgan fingerprint density at radius 2 is 2.02 bits per heavy atom. The highest BCUT2D eigenvalue weighted by Crippen LogP contribution is 2.42. The van der Waals surface area contributed by atoms with Crippen LogP contribution in [0.5, 0.6) is 0 Å². The summed E-state index contributed by atoms with van der Waals surface area (Å²) in [6.07, 6.45) is 9.64. The smallest absolute Gasteiger partial charge is 0.413 e. The number of fused-ring (bicyclic) bond motifs is 4. The number of nitrogens with zero attached hydrogens (tertiary/aromatic N) is 5. The minimum Gasteiger partial charge on any atom is -0.444 e. The molecular weight excluding hydrogens is 560 g/mol. The minimum atomic E-state index is -0.744. The van der Waals surface area contributed by atoms with Gasteiger partial charge in [0.05, 0.1) is 27.1 Å². The Kier molecular flexibility index (Phi) is 6.23. The number of pyridine rings is 1. The summed E-state index contributed by atoms with van der Waals surface area (Å²) in [6, 6.07) is 4.18. The quantitative estimate of drug-likeness (QED) is 0.237. The van der Waals surface area contributed by atoms with Gasteiger partial charge in [0.15, 0.2) is 10.9 Å². The maximum Gasteiger partial charge on any atom is 0.413 e. The van der Waals surface area contributed by atoms with E-state index in [1.165, 1.54) is 18.3 Å². The third kappa shape index (κ3) is 4.54. The maximum absolute atomic E-state index is 16.3. The highest BCUT2D eigenvalue weighted by Gasteiger charge is 2.24. The molecule has 0 saturated heterocycles. The van der Waals surface area contributed by atoms with E-state index in [2.05, 4.69) is 30.9 Å². The summed E-state index contributed by atoms with van der Waals surface area (Å²) in [4.78, 5) is 21.0. The Morgan fingerprint density at radius 3 is 2.83 bits per heavy atom. The molecule has 0 saturated carbocycles. The van der Waals surface area contributed by atoms with Gasteiger partial charge in [0.2, 0.25) is 0 Å². The third-order valence-corrected chi connectivity index (χ3v) is 7.16. The topological polar surface area (TPSA) is 107 Å². The van der Waals surface area contributed by atoms with Crippen molar-refractivity contribution in [2.75, 3.05) is 5.32 Å². The summed E-state index contributed by atoms with van der Waals surface area (Å²) < 4.78 is 38.0. The number of hydrogen-bond donors (Lipinski definition) is 2. The molecule has 5 aromatic rings. The van der Waals surface area contributed by atoms with Crippen LogP contribution in [0.4, 0.5) is 18.7 Å². The molecule has 0 unspecified atom stereocenters. The van der Waals surface area contributed by atoms with E-state index in [4.69, 9.17) is 16.3 Å². The summed E-state index contributed by atoms with van der Waals surface area (Å²) in [7, 11) is 0. The fraction of sp³-hybridized carbons (Fsp3) is 0.148. The van der Waals surface area contributed by atoms with E-state index < -0.39 is 23.3 Å². The lowest BCUT2D eigenvalue weighted by atomic mass is 10.0. The van der Waals surface area contributed by atoms with Crippen LogP contribution >= 0.6 is 22.9 Å². The number of ether oxygens (including phenoxy) is 1. The number of carbonyl (C=O) groups excluding carboxylic acids is 1. The molecule has 0 atom stereocenters. The maximum atomic E-state index is 16.3. The normalized spacial score (nSPS) is 13.5. The van der Waals surface area contributed by atoms with Crippen LogP contribution < -0.4 is 10.6 Å². The van der Waals surface area contributed by atoms with Crippen molar-refractivity contribution < 1.29 is 18.3 Å². The first-order valence-corrected chi connectivity index (χ1v) is 13.2. The van der Waals surface area contributed by atoms with Crippen molar-refractivity contribution in [2.24, 2.45) is 0 Å². The average Bonchev–Trinajstić information content (AvgIpc) is 3.41. The van der Waals surface area contributed by atoms with Crippen LogP contribution in [-0.2, 0) is 4.74 Å². The van der Waals surface area contributed by atoms with Gasteiger partial charge in [0.25, 0.3) is 0 Å². The Bertz CT molecular complexity index is 1940. The molecule has 9 nitrogen and oxygen atoms in total. The highest BCUT2D eigenvalue weighted by atomic mass is 35.5. The molecule has 0 bridgehead atoms. The first-order chi connectivity index (χ1) is 19.1. The number of amides is 1. The van der Waals surface area contributed by atoms with Gasteiger partial charge in [-0.05, 0) is 51.1 Å². The van der Waals surface area contributed by atoms with E-state index >= 15 is 4.39 Å². The zero-order valence-electron chi connectivity index (χ0n) is 21.3. The summed E-state index contributed by atoms with van der Waals surface area (Å²) in [5.41, 5.74) is 1.29. The van der Waals surface area contributed by atoms with Gasteiger partial charge in [0, 0.05) is 28.9 Å². The number of thiazole rings is 1. The lowest BCUT2D eigenvalue weighted by molar-refractivity contribution is 0.0636. The van der Waals surface area contributed by atoms with Gasteiger partial charge in [-0.3, -0.25) is 10.3 Å². The summed E-state index contributed by atoms with van der Waals surface area (Å²) in [6.45, 7) is 5.16. The summed E-state index contributed by atoms with van der Waals surface area (Å²) in [5, 5.41) is 14.5. The van der Waals surface area contributed by atoms with E-state index in [1.54, 1.807) is 43.9 Å². The van der Waals surface area contributed by atoms with Crippen LogP contribution in [0.3, 0.4) is 0 Å². The molecule has 1 aliphatic heterocycles. The SMILES string of the molecule is CC(C)(C)OC(=O)Nc1nc2c(-c3c(Cl)cc4c(ncc5nnn(C6=CNC=CC=C6)c54)c3F)ccc(F)c2s1. The van der Waals surface area contributed by atoms with Crippen LogP contribution in [0.2, 0.25) is 5.02 Å². The molecule has 13 heteroatoms. The second-order valence-corrected chi connectivity index (χ2v) is 11.2. The molecule has 0 aliphatic carbocycles. The standard InChI is InChI=1S/C27H20ClF2N7O2S/c1-27(2,3)39-26(38)34-25-33-22-14(7-8-17(29)24(22)40-25)19-16(28)10-15-21(20(19)30)32-12-18-23(15)37(36-35-18)13-6-4-5-9-31-11-13/h4-12,31H,1-3H3,(H,33,34,38). The lowest BCUT2D eigenvalue weighted by Gasteiger charge is -2.18. The summed E-state index contributed by atoms with van der Waals surface area (Å²) >= 11 is 7.60. The lowest BCUT2D eigenvalue weighted by Crippen LogP contribution is -2.27. The van der Waals surface area contributed by atoms with Gasteiger partial charge in [-0.25, -0.2) is 23.2 Å².